The Balaban J connectivity index is 1.94. The molecule has 1 unspecified atom stereocenters. The Bertz CT molecular complexity index is 323. The molecule has 3 N–H and O–H groups in total. The number of amides is 1. The molecular formula is C10H15N3O2. The van der Waals surface area contributed by atoms with Crippen molar-refractivity contribution in [2.45, 2.75) is 12.6 Å². The Hall–Kier alpha value is -1.33. The first-order chi connectivity index (χ1) is 7.28. The maximum atomic E-state index is 11.3. The number of piperazine rings is 1. The summed E-state index contributed by atoms with van der Waals surface area (Å²) in [5.74, 6) is 0.906. The number of nitrogens with one attached hydrogen (secondary N) is 1. The van der Waals surface area contributed by atoms with Gasteiger partial charge in [-0.05, 0) is 12.1 Å². The summed E-state index contributed by atoms with van der Waals surface area (Å²) in [6.07, 6.45) is 1.64. The SMILES string of the molecule is NCC1CN(Cc2ccco2)CC(=O)N1. The highest BCUT2D eigenvalue weighted by Crippen LogP contribution is 2.08. The molecule has 0 aromatic carbocycles. The molecule has 1 aromatic heterocycles. The van der Waals surface area contributed by atoms with E-state index in [1.165, 1.54) is 0 Å². The maximum absolute atomic E-state index is 11.3. The zero-order chi connectivity index (χ0) is 10.7. The first-order valence-corrected chi connectivity index (χ1v) is 5.02. The van der Waals surface area contributed by atoms with Crippen molar-refractivity contribution in [2.24, 2.45) is 5.73 Å². The van der Waals surface area contributed by atoms with Gasteiger partial charge in [-0.3, -0.25) is 9.69 Å². The molecule has 5 heteroatoms. The van der Waals surface area contributed by atoms with Crippen molar-refractivity contribution < 1.29 is 9.21 Å². The molecule has 0 aliphatic carbocycles. The first kappa shape index (κ1) is 10.2. The van der Waals surface area contributed by atoms with Gasteiger partial charge < -0.3 is 15.5 Å². The number of nitrogens with two attached hydrogens (primary N) is 1. The summed E-state index contributed by atoms with van der Waals surface area (Å²) in [6.45, 7) is 2.33. The molecule has 2 heterocycles. The van der Waals surface area contributed by atoms with Gasteiger partial charge in [-0.25, -0.2) is 0 Å². The van der Waals surface area contributed by atoms with Gasteiger partial charge in [0.2, 0.25) is 5.91 Å². The number of nitrogens with zero attached hydrogens (tertiary/aromatic N) is 1. The normalized spacial score (nSPS) is 22.7. The van der Waals surface area contributed by atoms with Crippen molar-refractivity contribution in [3.63, 3.8) is 0 Å². The van der Waals surface area contributed by atoms with Crippen molar-refractivity contribution in [1.29, 1.82) is 0 Å². The molecule has 1 atom stereocenters. The minimum absolute atomic E-state index is 0.0308. The van der Waals surface area contributed by atoms with E-state index in [4.69, 9.17) is 10.2 Å². The molecule has 1 aliphatic rings. The molecule has 0 saturated carbocycles. The molecule has 1 saturated heterocycles. The second kappa shape index (κ2) is 4.46. The van der Waals surface area contributed by atoms with Gasteiger partial charge >= 0.3 is 0 Å². The Morgan fingerprint density at radius 3 is 3.20 bits per heavy atom. The van der Waals surface area contributed by atoms with Crippen LogP contribution in [-0.4, -0.2) is 36.5 Å². The average molecular weight is 209 g/mol. The lowest BCUT2D eigenvalue weighted by atomic mass is 10.2. The van der Waals surface area contributed by atoms with E-state index in [-0.39, 0.29) is 11.9 Å². The van der Waals surface area contributed by atoms with Crippen molar-refractivity contribution >= 4 is 5.91 Å². The number of hydrogen-bond acceptors (Lipinski definition) is 4. The van der Waals surface area contributed by atoms with Gasteiger partial charge in [0.25, 0.3) is 0 Å². The van der Waals surface area contributed by atoms with E-state index < -0.39 is 0 Å². The maximum Gasteiger partial charge on any atom is 0.234 e. The summed E-state index contributed by atoms with van der Waals surface area (Å²) >= 11 is 0. The molecule has 1 amide bonds. The lowest BCUT2D eigenvalue weighted by Crippen LogP contribution is -2.56. The number of furan rings is 1. The fourth-order valence-electron chi connectivity index (χ4n) is 1.78. The van der Waals surface area contributed by atoms with Crippen molar-refractivity contribution in [3.05, 3.63) is 24.2 Å². The number of hydrogen-bond donors (Lipinski definition) is 2. The molecule has 1 aromatic rings. The number of carbonyl (C=O) groups is 1. The van der Waals surface area contributed by atoms with Gasteiger partial charge in [-0.1, -0.05) is 0 Å². The van der Waals surface area contributed by atoms with Gasteiger partial charge in [0.15, 0.2) is 0 Å². The van der Waals surface area contributed by atoms with Crippen LogP contribution in [0.5, 0.6) is 0 Å². The monoisotopic (exact) mass is 209 g/mol. The minimum Gasteiger partial charge on any atom is -0.468 e. The summed E-state index contributed by atoms with van der Waals surface area (Å²) in [7, 11) is 0. The third kappa shape index (κ3) is 2.57. The minimum atomic E-state index is 0.0308. The Labute approximate surface area is 88.2 Å². The Morgan fingerprint density at radius 2 is 2.53 bits per heavy atom. The highest BCUT2D eigenvalue weighted by atomic mass is 16.3. The second-order valence-electron chi connectivity index (χ2n) is 3.75. The fourth-order valence-corrected chi connectivity index (χ4v) is 1.78. The van der Waals surface area contributed by atoms with E-state index in [1.807, 2.05) is 17.0 Å². The molecule has 82 valence electrons. The van der Waals surface area contributed by atoms with Gasteiger partial charge in [0, 0.05) is 13.1 Å². The predicted molar refractivity (Wildman–Crippen MR) is 55.0 cm³/mol. The lowest BCUT2D eigenvalue weighted by Gasteiger charge is -2.31. The summed E-state index contributed by atoms with van der Waals surface area (Å²) in [6, 6.07) is 3.81. The zero-order valence-corrected chi connectivity index (χ0v) is 8.48. The lowest BCUT2D eigenvalue weighted by molar-refractivity contribution is -0.125. The molecular weight excluding hydrogens is 194 g/mol. The van der Waals surface area contributed by atoms with Crippen LogP contribution in [0.25, 0.3) is 0 Å². The quantitative estimate of drug-likeness (QED) is 0.706. The van der Waals surface area contributed by atoms with E-state index in [1.54, 1.807) is 6.26 Å². The van der Waals surface area contributed by atoms with Crippen LogP contribution in [-0.2, 0) is 11.3 Å². The molecule has 2 rings (SSSR count). The predicted octanol–water partition coefficient (Wildman–Crippen LogP) is -0.461. The zero-order valence-electron chi connectivity index (χ0n) is 8.48. The highest BCUT2D eigenvalue weighted by Gasteiger charge is 2.23. The van der Waals surface area contributed by atoms with Crippen molar-refractivity contribution in [3.8, 4) is 0 Å². The van der Waals surface area contributed by atoms with E-state index in [0.29, 0.717) is 19.6 Å². The van der Waals surface area contributed by atoms with Gasteiger partial charge in [-0.15, -0.1) is 0 Å². The third-order valence-electron chi connectivity index (χ3n) is 2.45. The summed E-state index contributed by atoms with van der Waals surface area (Å²) in [5, 5.41) is 2.84. The third-order valence-corrected chi connectivity index (χ3v) is 2.45. The smallest absolute Gasteiger partial charge is 0.234 e. The summed E-state index contributed by atoms with van der Waals surface area (Å²) in [5.41, 5.74) is 5.54. The second-order valence-corrected chi connectivity index (χ2v) is 3.75. The first-order valence-electron chi connectivity index (χ1n) is 5.02. The van der Waals surface area contributed by atoms with Crippen LogP contribution >= 0.6 is 0 Å². The van der Waals surface area contributed by atoms with Gasteiger partial charge in [-0.2, -0.15) is 0 Å². The number of carbonyl (C=O) groups excluding carboxylic acids is 1. The fraction of sp³-hybridized carbons (Fsp3) is 0.500. The molecule has 0 bridgehead atoms. The summed E-state index contributed by atoms with van der Waals surface area (Å²) in [4.78, 5) is 13.4. The van der Waals surface area contributed by atoms with Crippen LogP contribution in [0.2, 0.25) is 0 Å². The average Bonchev–Trinajstić information content (AvgIpc) is 2.69. The largest absolute Gasteiger partial charge is 0.468 e. The Morgan fingerprint density at radius 1 is 1.67 bits per heavy atom. The van der Waals surface area contributed by atoms with Crippen LogP contribution in [0.4, 0.5) is 0 Å². The highest BCUT2D eigenvalue weighted by molar-refractivity contribution is 5.79. The summed E-state index contributed by atoms with van der Waals surface area (Å²) < 4.78 is 5.24. The molecule has 5 nitrogen and oxygen atoms in total. The van der Waals surface area contributed by atoms with Crippen LogP contribution in [0.15, 0.2) is 22.8 Å². The van der Waals surface area contributed by atoms with Gasteiger partial charge in [0.1, 0.15) is 5.76 Å². The van der Waals surface area contributed by atoms with Crippen LogP contribution in [0.3, 0.4) is 0 Å². The van der Waals surface area contributed by atoms with Crippen LogP contribution in [0, 0.1) is 0 Å². The molecule has 0 spiro atoms. The van der Waals surface area contributed by atoms with Gasteiger partial charge in [0.05, 0.1) is 25.4 Å². The standard InChI is InChI=1S/C10H15N3O2/c11-4-8-5-13(7-10(14)12-8)6-9-2-1-3-15-9/h1-3,8H,4-7,11H2,(H,12,14). The van der Waals surface area contributed by atoms with E-state index in [2.05, 4.69) is 5.32 Å². The van der Waals surface area contributed by atoms with E-state index in [9.17, 15) is 4.79 Å². The van der Waals surface area contributed by atoms with Crippen LogP contribution < -0.4 is 11.1 Å². The van der Waals surface area contributed by atoms with E-state index in [0.717, 1.165) is 12.3 Å². The molecule has 1 fully saturated rings. The molecule has 0 radical (unpaired) electrons. The van der Waals surface area contributed by atoms with Crippen molar-refractivity contribution in [1.82, 2.24) is 10.2 Å². The molecule has 1 aliphatic heterocycles. The van der Waals surface area contributed by atoms with Crippen LogP contribution in [0.1, 0.15) is 5.76 Å². The Kier molecular flexibility index (Phi) is 3.03. The topological polar surface area (TPSA) is 71.5 Å². The van der Waals surface area contributed by atoms with E-state index >= 15 is 0 Å². The van der Waals surface area contributed by atoms with Crippen molar-refractivity contribution in [2.75, 3.05) is 19.6 Å². The number of rotatable bonds is 3. The molecule has 15 heavy (non-hydrogen) atoms.